The van der Waals surface area contributed by atoms with Gasteiger partial charge >= 0.3 is 6.03 Å². The van der Waals surface area contributed by atoms with E-state index < -0.39 is 0 Å². The lowest BCUT2D eigenvalue weighted by Gasteiger charge is -2.17. The van der Waals surface area contributed by atoms with E-state index in [2.05, 4.69) is 10.4 Å². The summed E-state index contributed by atoms with van der Waals surface area (Å²) in [6, 6.07) is 7.84. The maximum absolute atomic E-state index is 12.2. The van der Waals surface area contributed by atoms with E-state index in [-0.39, 0.29) is 6.03 Å². The quantitative estimate of drug-likeness (QED) is 0.946. The number of carbonyl (C=O) groups excluding carboxylic acids is 1. The fourth-order valence-electron chi connectivity index (χ4n) is 2.86. The van der Waals surface area contributed by atoms with Crippen LogP contribution < -0.4 is 5.32 Å². The zero-order chi connectivity index (χ0) is 15.5. The zero-order valence-corrected chi connectivity index (χ0v) is 13.3. The molecule has 5 nitrogen and oxygen atoms in total. The lowest BCUT2D eigenvalue weighted by Crippen LogP contribution is -2.37. The van der Waals surface area contributed by atoms with Crippen molar-refractivity contribution in [3.63, 3.8) is 0 Å². The van der Waals surface area contributed by atoms with Gasteiger partial charge in [-0.2, -0.15) is 5.10 Å². The Bertz CT molecular complexity index is 670. The molecule has 1 fully saturated rings. The summed E-state index contributed by atoms with van der Waals surface area (Å²) in [5.41, 5.74) is 2.13. The standard InChI is InChI=1S/C16H19ClN4O/c1-20-10-12(9-19-20)8-18-16(22)21-7-6-13(11-21)14-4-2-3-5-15(14)17/h2-5,9-10,13H,6-8,11H2,1H3,(H,18,22)/t13-/m1/s1. The Morgan fingerprint density at radius 1 is 1.45 bits per heavy atom. The average molecular weight is 319 g/mol. The molecule has 3 rings (SSSR count). The van der Waals surface area contributed by atoms with Crippen molar-refractivity contribution in [3.05, 3.63) is 52.8 Å². The van der Waals surface area contributed by atoms with Crippen molar-refractivity contribution in [2.45, 2.75) is 18.9 Å². The molecule has 1 aliphatic rings. The SMILES string of the molecule is Cn1cc(CNC(=O)N2CC[C@@H](c3ccccc3Cl)C2)cn1. The highest BCUT2D eigenvalue weighted by atomic mass is 35.5. The lowest BCUT2D eigenvalue weighted by molar-refractivity contribution is 0.208. The van der Waals surface area contributed by atoms with E-state index >= 15 is 0 Å². The summed E-state index contributed by atoms with van der Waals surface area (Å²) in [4.78, 5) is 14.1. The first-order chi connectivity index (χ1) is 10.6. The molecule has 1 saturated heterocycles. The summed E-state index contributed by atoms with van der Waals surface area (Å²) in [5.74, 6) is 0.317. The Kier molecular flexibility index (Phi) is 4.34. The van der Waals surface area contributed by atoms with Crippen molar-refractivity contribution in [3.8, 4) is 0 Å². The van der Waals surface area contributed by atoms with E-state index in [4.69, 9.17) is 11.6 Å². The van der Waals surface area contributed by atoms with Crippen molar-refractivity contribution in [1.29, 1.82) is 0 Å². The molecule has 116 valence electrons. The van der Waals surface area contributed by atoms with Crippen molar-refractivity contribution in [2.24, 2.45) is 7.05 Å². The molecule has 0 saturated carbocycles. The van der Waals surface area contributed by atoms with Crippen molar-refractivity contribution in [1.82, 2.24) is 20.0 Å². The lowest BCUT2D eigenvalue weighted by atomic mass is 9.98. The molecule has 0 radical (unpaired) electrons. The van der Waals surface area contributed by atoms with Crippen LogP contribution in [0.5, 0.6) is 0 Å². The molecule has 6 heteroatoms. The van der Waals surface area contributed by atoms with Gasteiger partial charge in [0.1, 0.15) is 0 Å². The maximum Gasteiger partial charge on any atom is 0.317 e. The van der Waals surface area contributed by atoms with Gasteiger partial charge in [-0.1, -0.05) is 29.8 Å². The molecular weight excluding hydrogens is 300 g/mol. The summed E-state index contributed by atoms with van der Waals surface area (Å²) in [5, 5.41) is 7.81. The molecule has 1 atom stereocenters. The second-order valence-electron chi connectivity index (χ2n) is 5.63. The first-order valence-electron chi connectivity index (χ1n) is 7.38. The van der Waals surface area contributed by atoms with Crippen LogP contribution >= 0.6 is 11.6 Å². The first kappa shape index (κ1) is 14.9. The maximum atomic E-state index is 12.2. The van der Waals surface area contributed by atoms with E-state index in [9.17, 15) is 4.79 Å². The fraction of sp³-hybridized carbons (Fsp3) is 0.375. The Balaban J connectivity index is 1.56. The van der Waals surface area contributed by atoms with Crippen LogP contribution in [0.3, 0.4) is 0 Å². The third kappa shape index (κ3) is 3.25. The number of nitrogens with zero attached hydrogens (tertiary/aromatic N) is 3. The van der Waals surface area contributed by atoms with E-state index in [1.807, 2.05) is 42.4 Å². The number of aromatic nitrogens is 2. The Morgan fingerprint density at radius 3 is 3.00 bits per heavy atom. The van der Waals surface area contributed by atoms with Crippen LogP contribution in [0.15, 0.2) is 36.7 Å². The topological polar surface area (TPSA) is 50.2 Å². The largest absolute Gasteiger partial charge is 0.334 e. The van der Waals surface area contributed by atoms with Gasteiger partial charge in [0.25, 0.3) is 0 Å². The van der Waals surface area contributed by atoms with E-state index in [0.717, 1.165) is 29.1 Å². The number of urea groups is 1. The minimum absolute atomic E-state index is 0.0293. The molecular formula is C16H19ClN4O. The summed E-state index contributed by atoms with van der Waals surface area (Å²) in [6.07, 6.45) is 4.61. The number of hydrogen-bond acceptors (Lipinski definition) is 2. The number of rotatable bonds is 3. The van der Waals surface area contributed by atoms with Gasteiger partial charge in [0.05, 0.1) is 6.20 Å². The molecule has 1 aromatic heterocycles. The first-order valence-corrected chi connectivity index (χ1v) is 7.76. The monoisotopic (exact) mass is 318 g/mol. The van der Waals surface area contributed by atoms with Gasteiger partial charge in [-0.25, -0.2) is 4.79 Å². The summed E-state index contributed by atoms with van der Waals surface area (Å²) in [7, 11) is 1.86. The Labute approximate surface area is 134 Å². The van der Waals surface area contributed by atoms with Crippen molar-refractivity contribution < 1.29 is 4.79 Å². The highest BCUT2D eigenvalue weighted by Crippen LogP contribution is 2.31. The van der Waals surface area contributed by atoms with Crippen LogP contribution in [-0.2, 0) is 13.6 Å². The molecule has 1 N–H and O–H groups in total. The summed E-state index contributed by atoms with van der Waals surface area (Å²) < 4.78 is 1.73. The number of likely N-dealkylation sites (tertiary alicyclic amines) is 1. The molecule has 22 heavy (non-hydrogen) atoms. The highest BCUT2D eigenvalue weighted by molar-refractivity contribution is 6.31. The molecule has 0 aliphatic carbocycles. The Morgan fingerprint density at radius 2 is 2.27 bits per heavy atom. The number of halogens is 1. The van der Waals surface area contributed by atoms with Crippen LogP contribution in [0.4, 0.5) is 4.79 Å². The number of benzene rings is 1. The third-order valence-electron chi connectivity index (χ3n) is 4.02. The second kappa shape index (κ2) is 6.40. The fourth-order valence-corrected chi connectivity index (χ4v) is 3.15. The van der Waals surface area contributed by atoms with E-state index in [1.54, 1.807) is 10.9 Å². The normalized spacial score (nSPS) is 17.7. The molecule has 1 aromatic carbocycles. The van der Waals surface area contributed by atoms with Crippen LogP contribution in [-0.4, -0.2) is 33.8 Å². The highest BCUT2D eigenvalue weighted by Gasteiger charge is 2.28. The molecule has 2 amide bonds. The number of carbonyl (C=O) groups is 1. The van der Waals surface area contributed by atoms with E-state index in [0.29, 0.717) is 19.0 Å². The molecule has 2 heterocycles. The zero-order valence-electron chi connectivity index (χ0n) is 12.5. The van der Waals surface area contributed by atoms with Gasteiger partial charge in [0, 0.05) is 49.4 Å². The van der Waals surface area contributed by atoms with Gasteiger partial charge in [0.2, 0.25) is 0 Å². The minimum Gasteiger partial charge on any atom is -0.334 e. The Hall–Kier alpha value is -2.01. The molecule has 0 spiro atoms. The second-order valence-corrected chi connectivity index (χ2v) is 6.04. The number of hydrogen-bond donors (Lipinski definition) is 1. The number of aryl methyl sites for hydroxylation is 1. The minimum atomic E-state index is -0.0293. The van der Waals surface area contributed by atoms with Crippen LogP contribution in [0.2, 0.25) is 5.02 Å². The smallest absolute Gasteiger partial charge is 0.317 e. The molecule has 0 unspecified atom stereocenters. The van der Waals surface area contributed by atoms with Gasteiger partial charge in [-0.05, 0) is 18.1 Å². The van der Waals surface area contributed by atoms with Crippen molar-refractivity contribution >= 4 is 17.6 Å². The average Bonchev–Trinajstić information content (AvgIpc) is 3.14. The van der Waals surface area contributed by atoms with Crippen LogP contribution in [0.25, 0.3) is 0 Å². The van der Waals surface area contributed by atoms with Crippen LogP contribution in [0, 0.1) is 0 Å². The van der Waals surface area contributed by atoms with Crippen LogP contribution in [0.1, 0.15) is 23.5 Å². The molecule has 0 bridgehead atoms. The van der Waals surface area contributed by atoms with Gasteiger partial charge < -0.3 is 10.2 Å². The number of nitrogens with one attached hydrogen (secondary N) is 1. The van der Waals surface area contributed by atoms with E-state index in [1.165, 1.54) is 0 Å². The summed E-state index contributed by atoms with van der Waals surface area (Å²) in [6.45, 7) is 1.97. The predicted molar refractivity (Wildman–Crippen MR) is 85.8 cm³/mol. The third-order valence-corrected chi connectivity index (χ3v) is 4.37. The molecule has 2 aromatic rings. The van der Waals surface area contributed by atoms with Gasteiger partial charge in [-0.3, -0.25) is 4.68 Å². The predicted octanol–water partition coefficient (Wildman–Crippen LogP) is 2.77. The van der Waals surface area contributed by atoms with Gasteiger partial charge in [-0.15, -0.1) is 0 Å². The molecule has 1 aliphatic heterocycles. The number of amides is 2. The summed E-state index contributed by atoms with van der Waals surface area (Å²) >= 11 is 6.25. The van der Waals surface area contributed by atoms with Gasteiger partial charge in [0.15, 0.2) is 0 Å². The van der Waals surface area contributed by atoms with Crippen molar-refractivity contribution in [2.75, 3.05) is 13.1 Å².